The smallest absolute Gasteiger partial charge is 0.161 e. The van der Waals surface area contributed by atoms with E-state index in [1.54, 1.807) is 21.3 Å². The van der Waals surface area contributed by atoms with Crippen molar-refractivity contribution in [2.75, 3.05) is 27.9 Å². The number of ether oxygens (including phenoxy) is 4. The Morgan fingerprint density at radius 2 is 1.35 bits per heavy atom. The van der Waals surface area contributed by atoms with Gasteiger partial charge < -0.3 is 24.3 Å². The lowest BCUT2D eigenvalue weighted by atomic mass is 10.1. The number of hydrogen-bond donors (Lipinski definition) is 1. The number of hydrogen-bond acceptors (Lipinski definition) is 5. The SMILES string of the molecule is COc1ccc(CCNCc2ccc(OCc3cccc(C)c3)c(OC)c2)cc1OC. The molecule has 3 rings (SSSR count). The normalized spacial score (nSPS) is 10.6. The average molecular weight is 422 g/mol. The standard InChI is InChI=1S/C26H31NO4/c1-19-6-5-7-22(14-19)18-31-24-11-9-21(16-26(24)30-4)17-27-13-12-20-8-10-23(28-2)25(15-20)29-3/h5-11,14-16,27H,12-13,17-18H2,1-4H3. The highest BCUT2D eigenvalue weighted by atomic mass is 16.5. The molecule has 31 heavy (non-hydrogen) atoms. The molecule has 0 bridgehead atoms. The van der Waals surface area contributed by atoms with Crippen LogP contribution in [0, 0.1) is 6.92 Å². The van der Waals surface area contributed by atoms with E-state index >= 15 is 0 Å². The summed E-state index contributed by atoms with van der Waals surface area (Å²) in [7, 11) is 4.97. The predicted octanol–water partition coefficient (Wildman–Crippen LogP) is 4.93. The van der Waals surface area contributed by atoms with Crippen LogP contribution in [-0.4, -0.2) is 27.9 Å². The molecule has 0 amide bonds. The van der Waals surface area contributed by atoms with Gasteiger partial charge >= 0.3 is 0 Å². The zero-order chi connectivity index (χ0) is 22.1. The molecule has 0 aliphatic carbocycles. The first kappa shape index (κ1) is 22.5. The maximum atomic E-state index is 5.98. The first-order valence-corrected chi connectivity index (χ1v) is 10.4. The van der Waals surface area contributed by atoms with Gasteiger partial charge in [0, 0.05) is 6.54 Å². The Hall–Kier alpha value is -3.18. The Bertz CT molecular complexity index is 987. The fourth-order valence-corrected chi connectivity index (χ4v) is 3.41. The van der Waals surface area contributed by atoms with E-state index in [2.05, 4.69) is 42.6 Å². The largest absolute Gasteiger partial charge is 0.493 e. The third-order valence-electron chi connectivity index (χ3n) is 5.07. The molecule has 5 heteroatoms. The first-order valence-electron chi connectivity index (χ1n) is 10.4. The Kier molecular flexibility index (Phi) is 8.19. The minimum absolute atomic E-state index is 0.515. The highest BCUT2D eigenvalue weighted by molar-refractivity contribution is 5.44. The van der Waals surface area contributed by atoms with Crippen molar-refractivity contribution in [1.82, 2.24) is 5.32 Å². The summed E-state index contributed by atoms with van der Waals surface area (Å²) >= 11 is 0. The molecule has 0 unspecified atom stereocenters. The molecule has 0 aliphatic heterocycles. The van der Waals surface area contributed by atoms with Gasteiger partial charge in [0.1, 0.15) is 6.61 Å². The summed E-state index contributed by atoms with van der Waals surface area (Å²) in [6.45, 7) is 4.20. The molecule has 0 fully saturated rings. The maximum absolute atomic E-state index is 5.98. The van der Waals surface area contributed by atoms with Crippen molar-refractivity contribution in [3.63, 3.8) is 0 Å². The van der Waals surface area contributed by atoms with E-state index in [0.717, 1.165) is 53.6 Å². The number of methoxy groups -OCH3 is 3. The van der Waals surface area contributed by atoms with Crippen LogP contribution in [0.25, 0.3) is 0 Å². The van der Waals surface area contributed by atoms with Crippen molar-refractivity contribution in [2.45, 2.75) is 26.5 Å². The molecule has 164 valence electrons. The van der Waals surface area contributed by atoms with E-state index < -0.39 is 0 Å². The molecule has 1 N–H and O–H groups in total. The van der Waals surface area contributed by atoms with Gasteiger partial charge in [-0.15, -0.1) is 0 Å². The van der Waals surface area contributed by atoms with E-state index in [4.69, 9.17) is 18.9 Å². The summed E-state index contributed by atoms with van der Waals surface area (Å²) < 4.78 is 22.2. The molecule has 0 radical (unpaired) electrons. The Morgan fingerprint density at radius 3 is 2.10 bits per heavy atom. The van der Waals surface area contributed by atoms with Gasteiger partial charge in [-0.05, 0) is 60.8 Å². The number of benzene rings is 3. The van der Waals surface area contributed by atoms with Crippen molar-refractivity contribution in [3.05, 3.63) is 82.9 Å². The second-order valence-corrected chi connectivity index (χ2v) is 7.38. The van der Waals surface area contributed by atoms with Gasteiger partial charge in [0.25, 0.3) is 0 Å². The summed E-state index contributed by atoms with van der Waals surface area (Å²) in [5.74, 6) is 2.99. The van der Waals surface area contributed by atoms with Crippen LogP contribution >= 0.6 is 0 Å². The van der Waals surface area contributed by atoms with Gasteiger partial charge in [0.15, 0.2) is 23.0 Å². The van der Waals surface area contributed by atoms with E-state index in [0.29, 0.717) is 6.61 Å². The molecule has 0 atom stereocenters. The highest BCUT2D eigenvalue weighted by Gasteiger charge is 2.07. The summed E-state index contributed by atoms with van der Waals surface area (Å²) in [6.07, 6.45) is 0.898. The quantitative estimate of drug-likeness (QED) is 0.445. The topological polar surface area (TPSA) is 49.0 Å². The number of rotatable bonds is 11. The highest BCUT2D eigenvalue weighted by Crippen LogP contribution is 2.29. The molecule has 0 aliphatic rings. The molecule has 0 heterocycles. The second kappa shape index (κ2) is 11.3. The van der Waals surface area contributed by atoms with Crippen LogP contribution in [0.1, 0.15) is 22.3 Å². The maximum Gasteiger partial charge on any atom is 0.161 e. The monoisotopic (exact) mass is 421 g/mol. The Labute approximate surface area is 184 Å². The molecule has 3 aromatic carbocycles. The molecule has 0 saturated carbocycles. The summed E-state index contributed by atoms with van der Waals surface area (Å²) in [5, 5.41) is 3.48. The van der Waals surface area contributed by atoms with Crippen LogP contribution in [0.5, 0.6) is 23.0 Å². The van der Waals surface area contributed by atoms with Crippen LogP contribution in [0.4, 0.5) is 0 Å². The van der Waals surface area contributed by atoms with Gasteiger partial charge in [-0.1, -0.05) is 42.0 Å². The van der Waals surface area contributed by atoms with Crippen LogP contribution in [-0.2, 0) is 19.6 Å². The van der Waals surface area contributed by atoms with Crippen molar-refractivity contribution in [3.8, 4) is 23.0 Å². The van der Waals surface area contributed by atoms with Crippen molar-refractivity contribution in [1.29, 1.82) is 0 Å². The van der Waals surface area contributed by atoms with Gasteiger partial charge in [-0.3, -0.25) is 0 Å². The third-order valence-corrected chi connectivity index (χ3v) is 5.07. The van der Waals surface area contributed by atoms with Gasteiger partial charge in [-0.2, -0.15) is 0 Å². The number of nitrogens with one attached hydrogen (secondary N) is 1. The third kappa shape index (κ3) is 6.40. The Balaban J connectivity index is 1.51. The van der Waals surface area contributed by atoms with E-state index in [1.165, 1.54) is 11.1 Å². The van der Waals surface area contributed by atoms with E-state index in [-0.39, 0.29) is 0 Å². The fourth-order valence-electron chi connectivity index (χ4n) is 3.41. The van der Waals surface area contributed by atoms with Crippen LogP contribution < -0.4 is 24.3 Å². The molecule has 5 nitrogen and oxygen atoms in total. The molecule has 3 aromatic rings. The predicted molar refractivity (Wildman–Crippen MR) is 123 cm³/mol. The molecule has 0 spiro atoms. The minimum atomic E-state index is 0.515. The van der Waals surface area contributed by atoms with Crippen LogP contribution in [0.15, 0.2) is 60.7 Å². The van der Waals surface area contributed by atoms with Crippen molar-refractivity contribution < 1.29 is 18.9 Å². The molecule has 0 aromatic heterocycles. The minimum Gasteiger partial charge on any atom is -0.493 e. The lowest BCUT2D eigenvalue weighted by Gasteiger charge is -2.13. The summed E-state index contributed by atoms with van der Waals surface area (Å²) in [4.78, 5) is 0. The molecular formula is C26H31NO4. The molecular weight excluding hydrogens is 390 g/mol. The van der Waals surface area contributed by atoms with Crippen molar-refractivity contribution in [2.24, 2.45) is 0 Å². The van der Waals surface area contributed by atoms with E-state index in [1.807, 2.05) is 30.3 Å². The first-order chi connectivity index (χ1) is 15.1. The van der Waals surface area contributed by atoms with Gasteiger partial charge in [-0.25, -0.2) is 0 Å². The number of aryl methyl sites for hydroxylation is 1. The zero-order valence-corrected chi connectivity index (χ0v) is 18.7. The second-order valence-electron chi connectivity index (χ2n) is 7.38. The lowest BCUT2D eigenvalue weighted by Crippen LogP contribution is -2.16. The van der Waals surface area contributed by atoms with E-state index in [9.17, 15) is 0 Å². The fraction of sp³-hybridized carbons (Fsp3) is 0.308. The lowest BCUT2D eigenvalue weighted by molar-refractivity contribution is 0.284. The van der Waals surface area contributed by atoms with Gasteiger partial charge in [0.2, 0.25) is 0 Å². The average Bonchev–Trinajstić information content (AvgIpc) is 2.80. The molecule has 0 saturated heterocycles. The Morgan fingerprint density at radius 1 is 0.677 bits per heavy atom. The van der Waals surface area contributed by atoms with Crippen molar-refractivity contribution >= 4 is 0 Å². The summed E-state index contributed by atoms with van der Waals surface area (Å²) in [6, 6.07) is 20.4. The van der Waals surface area contributed by atoms with Crippen LogP contribution in [0.2, 0.25) is 0 Å². The van der Waals surface area contributed by atoms with Gasteiger partial charge in [0.05, 0.1) is 21.3 Å². The summed E-state index contributed by atoms with van der Waals surface area (Å²) in [5.41, 5.74) is 4.71. The van der Waals surface area contributed by atoms with Crippen LogP contribution in [0.3, 0.4) is 0 Å². The zero-order valence-electron chi connectivity index (χ0n) is 18.7.